The molecule has 0 bridgehead atoms. The third kappa shape index (κ3) is 4.40. The minimum atomic E-state index is -0.250. The standard InChI is InChI=1S/C16H27N3O2/c1-19(14-7-3-4-8-15(14)20)16-13(6-5-9-18-16)12-17-10-11-21-2/h5-6,9,14-15,17,20H,3-4,7-8,10-12H2,1-2H3. The van der Waals surface area contributed by atoms with Crippen molar-refractivity contribution in [3.8, 4) is 0 Å². The summed E-state index contributed by atoms with van der Waals surface area (Å²) in [6.45, 7) is 2.28. The number of likely N-dealkylation sites (N-methyl/N-ethyl adjacent to an activating group) is 1. The van der Waals surface area contributed by atoms with Crippen molar-refractivity contribution < 1.29 is 9.84 Å². The fourth-order valence-corrected chi connectivity index (χ4v) is 2.98. The molecule has 1 aliphatic rings. The van der Waals surface area contributed by atoms with Crippen LogP contribution in [0, 0.1) is 0 Å². The molecule has 0 saturated heterocycles. The summed E-state index contributed by atoms with van der Waals surface area (Å²) in [5.74, 6) is 0.966. The highest BCUT2D eigenvalue weighted by atomic mass is 16.5. The average molecular weight is 293 g/mol. The first-order valence-corrected chi connectivity index (χ1v) is 7.78. The van der Waals surface area contributed by atoms with E-state index < -0.39 is 0 Å². The van der Waals surface area contributed by atoms with Crippen LogP contribution in [-0.4, -0.2) is 49.5 Å². The summed E-state index contributed by atoms with van der Waals surface area (Å²) in [5, 5.41) is 13.6. The molecule has 0 radical (unpaired) electrons. The summed E-state index contributed by atoms with van der Waals surface area (Å²) in [5.41, 5.74) is 1.16. The molecule has 1 aromatic rings. The summed E-state index contributed by atoms with van der Waals surface area (Å²) in [7, 11) is 3.75. The monoisotopic (exact) mass is 293 g/mol. The molecule has 2 rings (SSSR count). The highest BCUT2D eigenvalue weighted by molar-refractivity contribution is 5.47. The molecule has 5 heteroatoms. The van der Waals surface area contributed by atoms with Crippen molar-refractivity contribution in [1.29, 1.82) is 0 Å². The molecule has 0 aromatic carbocycles. The Labute approximate surface area is 127 Å². The third-order valence-corrected chi connectivity index (χ3v) is 4.19. The topological polar surface area (TPSA) is 57.6 Å². The number of aromatic nitrogens is 1. The number of nitrogens with zero attached hydrogens (tertiary/aromatic N) is 2. The highest BCUT2D eigenvalue weighted by Crippen LogP contribution is 2.27. The lowest BCUT2D eigenvalue weighted by Gasteiger charge is -2.36. The van der Waals surface area contributed by atoms with Gasteiger partial charge in [-0.3, -0.25) is 0 Å². The Kier molecular flexibility index (Phi) is 6.42. The van der Waals surface area contributed by atoms with Crippen LogP contribution in [0.3, 0.4) is 0 Å². The van der Waals surface area contributed by atoms with Crippen LogP contribution in [0.25, 0.3) is 0 Å². The van der Waals surface area contributed by atoms with Crippen molar-refractivity contribution >= 4 is 5.82 Å². The quantitative estimate of drug-likeness (QED) is 0.747. The number of methoxy groups -OCH3 is 1. The van der Waals surface area contributed by atoms with Gasteiger partial charge in [0.1, 0.15) is 5.82 Å². The van der Waals surface area contributed by atoms with Gasteiger partial charge in [0.15, 0.2) is 0 Å². The summed E-state index contributed by atoms with van der Waals surface area (Å²) in [6.07, 6.45) is 5.80. The van der Waals surface area contributed by atoms with Gasteiger partial charge in [0.2, 0.25) is 0 Å². The van der Waals surface area contributed by atoms with Crippen LogP contribution < -0.4 is 10.2 Å². The minimum Gasteiger partial charge on any atom is -0.391 e. The van der Waals surface area contributed by atoms with E-state index in [0.717, 1.165) is 43.7 Å². The van der Waals surface area contributed by atoms with Crippen molar-refractivity contribution in [3.63, 3.8) is 0 Å². The highest BCUT2D eigenvalue weighted by Gasteiger charge is 2.28. The number of hydrogen-bond donors (Lipinski definition) is 2. The predicted octanol–water partition coefficient (Wildman–Crippen LogP) is 1.56. The van der Waals surface area contributed by atoms with Gasteiger partial charge in [-0.25, -0.2) is 4.98 Å². The Morgan fingerprint density at radius 1 is 1.43 bits per heavy atom. The summed E-state index contributed by atoms with van der Waals surface area (Å²) in [6, 6.07) is 4.22. The van der Waals surface area contributed by atoms with Crippen LogP contribution >= 0.6 is 0 Å². The Morgan fingerprint density at radius 3 is 3.00 bits per heavy atom. The Bertz CT molecular complexity index is 428. The van der Waals surface area contributed by atoms with Gasteiger partial charge in [-0.2, -0.15) is 0 Å². The molecule has 1 aliphatic carbocycles. The van der Waals surface area contributed by atoms with Gasteiger partial charge in [0, 0.05) is 39.0 Å². The number of rotatable bonds is 7. The molecule has 1 aromatic heterocycles. The van der Waals surface area contributed by atoms with Crippen LogP contribution in [0.15, 0.2) is 18.3 Å². The second-order valence-electron chi connectivity index (χ2n) is 5.69. The molecule has 5 nitrogen and oxygen atoms in total. The molecule has 0 amide bonds. The predicted molar refractivity (Wildman–Crippen MR) is 84.5 cm³/mol. The maximum absolute atomic E-state index is 10.2. The van der Waals surface area contributed by atoms with Gasteiger partial charge in [-0.1, -0.05) is 18.9 Å². The number of anilines is 1. The fraction of sp³-hybridized carbons (Fsp3) is 0.688. The molecule has 1 heterocycles. The maximum atomic E-state index is 10.2. The molecule has 1 fully saturated rings. The second kappa shape index (κ2) is 8.32. The molecule has 0 spiro atoms. The molecule has 0 aliphatic heterocycles. The smallest absolute Gasteiger partial charge is 0.133 e. The van der Waals surface area contributed by atoms with Gasteiger partial charge in [-0.05, 0) is 18.9 Å². The van der Waals surface area contributed by atoms with E-state index in [0.29, 0.717) is 6.61 Å². The maximum Gasteiger partial charge on any atom is 0.133 e. The molecule has 2 unspecified atom stereocenters. The number of hydrogen-bond acceptors (Lipinski definition) is 5. The second-order valence-corrected chi connectivity index (χ2v) is 5.69. The molecular formula is C16H27N3O2. The summed E-state index contributed by atoms with van der Waals surface area (Å²) < 4.78 is 5.05. The Morgan fingerprint density at radius 2 is 2.24 bits per heavy atom. The SMILES string of the molecule is COCCNCc1cccnc1N(C)C1CCCCC1O. The lowest BCUT2D eigenvalue weighted by molar-refractivity contribution is 0.106. The van der Waals surface area contributed by atoms with Crippen molar-refractivity contribution in [2.75, 3.05) is 32.2 Å². The Balaban J connectivity index is 2.03. The first kappa shape index (κ1) is 16.2. The lowest BCUT2D eigenvalue weighted by atomic mass is 9.91. The minimum absolute atomic E-state index is 0.173. The van der Waals surface area contributed by atoms with Crippen LogP contribution in [0.4, 0.5) is 5.82 Å². The van der Waals surface area contributed by atoms with Gasteiger partial charge < -0.3 is 20.1 Å². The zero-order valence-corrected chi connectivity index (χ0v) is 13.1. The first-order valence-electron chi connectivity index (χ1n) is 7.78. The third-order valence-electron chi connectivity index (χ3n) is 4.19. The molecule has 2 N–H and O–H groups in total. The van der Waals surface area contributed by atoms with Crippen LogP contribution in [-0.2, 0) is 11.3 Å². The van der Waals surface area contributed by atoms with E-state index in [1.807, 2.05) is 19.3 Å². The van der Waals surface area contributed by atoms with Crippen molar-refractivity contribution in [2.24, 2.45) is 0 Å². The summed E-state index contributed by atoms with van der Waals surface area (Å²) >= 11 is 0. The number of pyridine rings is 1. The van der Waals surface area contributed by atoms with E-state index in [-0.39, 0.29) is 12.1 Å². The van der Waals surface area contributed by atoms with Crippen LogP contribution in [0.5, 0.6) is 0 Å². The number of aliphatic hydroxyl groups is 1. The molecule has 118 valence electrons. The molecular weight excluding hydrogens is 266 g/mol. The fourth-order valence-electron chi connectivity index (χ4n) is 2.98. The van der Waals surface area contributed by atoms with Crippen molar-refractivity contribution in [3.05, 3.63) is 23.9 Å². The Hall–Kier alpha value is -1.17. The van der Waals surface area contributed by atoms with Gasteiger partial charge in [-0.15, -0.1) is 0 Å². The molecule has 2 atom stereocenters. The summed E-state index contributed by atoms with van der Waals surface area (Å²) in [4.78, 5) is 6.68. The van der Waals surface area contributed by atoms with E-state index in [2.05, 4.69) is 21.3 Å². The van der Waals surface area contributed by atoms with Crippen molar-refractivity contribution in [2.45, 2.75) is 44.4 Å². The zero-order valence-electron chi connectivity index (χ0n) is 13.1. The van der Waals surface area contributed by atoms with E-state index in [1.54, 1.807) is 7.11 Å². The van der Waals surface area contributed by atoms with E-state index in [1.165, 1.54) is 6.42 Å². The molecule has 1 saturated carbocycles. The van der Waals surface area contributed by atoms with Crippen LogP contribution in [0.2, 0.25) is 0 Å². The largest absolute Gasteiger partial charge is 0.391 e. The van der Waals surface area contributed by atoms with Crippen molar-refractivity contribution in [1.82, 2.24) is 10.3 Å². The van der Waals surface area contributed by atoms with E-state index >= 15 is 0 Å². The average Bonchev–Trinajstić information content (AvgIpc) is 2.52. The number of aliphatic hydroxyl groups excluding tert-OH is 1. The number of nitrogens with one attached hydrogen (secondary N) is 1. The van der Waals surface area contributed by atoms with E-state index in [4.69, 9.17) is 4.74 Å². The van der Waals surface area contributed by atoms with Gasteiger partial charge >= 0.3 is 0 Å². The van der Waals surface area contributed by atoms with Gasteiger partial charge in [0.05, 0.1) is 18.8 Å². The lowest BCUT2D eigenvalue weighted by Crippen LogP contribution is -2.44. The van der Waals surface area contributed by atoms with E-state index in [9.17, 15) is 5.11 Å². The number of ether oxygens (including phenoxy) is 1. The normalized spacial score (nSPS) is 22.2. The zero-order chi connectivity index (χ0) is 15.1. The van der Waals surface area contributed by atoms with Gasteiger partial charge in [0.25, 0.3) is 0 Å². The molecule has 21 heavy (non-hydrogen) atoms. The first-order chi connectivity index (χ1) is 10.2. The van der Waals surface area contributed by atoms with Crippen LogP contribution in [0.1, 0.15) is 31.2 Å².